The third-order valence-electron chi connectivity index (χ3n) is 4.38. The molecule has 1 N–H and O–H groups in total. The van der Waals surface area contributed by atoms with Crippen molar-refractivity contribution in [1.82, 2.24) is 19.7 Å². The molecule has 0 aliphatic carbocycles. The minimum atomic E-state index is -0.0329. The predicted octanol–water partition coefficient (Wildman–Crippen LogP) is 3.89. The third kappa shape index (κ3) is 2.93. The summed E-state index contributed by atoms with van der Waals surface area (Å²) in [6.07, 6.45) is 0. The normalized spacial score (nSPS) is 11.6. The smallest absolute Gasteiger partial charge is 0.171 e. The molecule has 0 amide bonds. The molecule has 3 rings (SSSR count). The van der Waals surface area contributed by atoms with E-state index in [4.69, 9.17) is 4.98 Å². The summed E-state index contributed by atoms with van der Waals surface area (Å²) >= 11 is 0. The number of nitrogens with zero attached hydrogens (tertiary/aromatic N) is 5. The number of nitriles is 1. The van der Waals surface area contributed by atoms with Crippen LogP contribution in [0, 0.1) is 25.2 Å². The molecule has 0 spiro atoms. The lowest BCUT2D eigenvalue weighted by Crippen LogP contribution is -2.17. The largest absolute Gasteiger partial charge is 0.338 e. The van der Waals surface area contributed by atoms with Gasteiger partial charge in [0, 0.05) is 18.2 Å². The van der Waals surface area contributed by atoms with Gasteiger partial charge in [-0.05, 0) is 37.6 Å². The number of anilines is 2. The van der Waals surface area contributed by atoms with Gasteiger partial charge >= 0.3 is 0 Å². The SMILES string of the molecule is Cc1nnc(Nc2ccc3c(c2)nc(C(C)(C)C)n3C)c(C#N)c1C. The fraction of sp³-hybridized carbons (Fsp3) is 0.368. The molecule has 0 fully saturated rings. The molecule has 0 aliphatic heterocycles. The number of benzene rings is 1. The van der Waals surface area contributed by atoms with Crippen molar-refractivity contribution in [1.29, 1.82) is 5.26 Å². The van der Waals surface area contributed by atoms with E-state index in [1.807, 2.05) is 39.1 Å². The molecule has 2 aromatic heterocycles. The fourth-order valence-corrected chi connectivity index (χ4v) is 2.92. The van der Waals surface area contributed by atoms with Gasteiger partial charge in [0.05, 0.1) is 16.7 Å². The fourth-order valence-electron chi connectivity index (χ4n) is 2.92. The van der Waals surface area contributed by atoms with Crippen molar-refractivity contribution in [2.75, 3.05) is 5.32 Å². The summed E-state index contributed by atoms with van der Waals surface area (Å²) in [6.45, 7) is 10.2. The Morgan fingerprint density at radius 1 is 1.16 bits per heavy atom. The van der Waals surface area contributed by atoms with Gasteiger partial charge in [-0.2, -0.15) is 10.4 Å². The lowest BCUT2D eigenvalue weighted by atomic mass is 9.96. The number of aromatic nitrogens is 4. The highest BCUT2D eigenvalue weighted by molar-refractivity contribution is 5.82. The summed E-state index contributed by atoms with van der Waals surface area (Å²) < 4.78 is 2.12. The number of hydrogen-bond acceptors (Lipinski definition) is 5. The Morgan fingerprint density at radius 3 is 2.52 bits per heavy atom. The van der Waals surface area contributed by atoms with E-state index in [2.05, 4.69) is 46.9 Å². The average molecular weight is 334 g/mol. The van der Waals surface area contributed by atoms with E-state index in [0.717, 1.165) is 33.8 Å². The second-order valence-corrected chi connectivity index (χ2v) is 7.32. The standard InChI is InChI=1S/C19H22N6/c1-11-12(2)23-24-17(14(11)10-20)21-13-7-8-16-15(9-13)22-18(25(16)6)19(3,4)5/h7-9H,1-6H3,(H,21,24). The van der Waals surface area contributed by atoms with Crippen LogP contribution in [0.25, 0.3) is 11.0 Å². The van der Waals surface area contributed by atoms with Crippen LogP contribution >= 0.6 is 0 Å². The highest BCUT2D eigenvalue weighted by Gasteiger charge is 2.21. The van der Waals surface area contributed by atoms with Gasteiger partial charge in [0.1, 0.15) is 17.5 Å². The lowest BCUT2D eigenvalue weighted by Gasteiger charge is -2.17. The lowest BCUT2D eigenvalue weighted by molar-refractivity contribution is 0.526. The number of imidazole rings is 1. The maximum absolute atomic E-state index is 9.43. The first-order valence-corrected chi connectivity index (χ1v) is 8.20. The van der Waals surface area contributed by atoms with Crippen LogP contribution in [0.4, 0.5) is 11.5 Å². The quantitative estimate of drug-likeness (QED) is 0.769. The summed E-state index contributed by atoms with van der Waals surface area (Å²) in [4.78, 5) is 4.78. The van der Waals surface area contributed by atoms with Gasteiger partial charge in [0.15, 0.2) is 5.82 Å². The Hall–Kier alpha value is -2.94. The predicted molar refractivity (Wildman–Crippen MR) is 98.9 cm³/mol. The Bertz CT molecular complexity index is 1000. The first-order valence-electron chi connectivity index (χ1n) is 8.20. The van der Waals surface area contributed by atoms with Crippen LogP contribution in [0.3, 0.4) is 0 Å². The molecule has 6 nitrogen and oxygen atoms in total. The van der Waals surface area contributed by atoms with Crippen LogP contribution in [-0.4, -0.2) is 19.7 Å². The number of fused-ring (bicyclic) bond motifs is 1. The highest BCUT2D eigenvalue weighted by atomic mass is 15.2. The molecule has 25 heavy (non-hydrogen) atoms. The second kappa shape index (κ2) is 5.85. The number of aryl methyl sites for hydroxylation is 2. The van der Waals surface area contributed by atoms with Crippen molar-refractivity contribution in [3.63, 3.8) is 0 Å². The zero-order valence-electron chi connectivity index (χ0n) is 15.5. The first kappa shape index (κ1) is 16.9. The zero-order valence-corrected chi connectivity index (χ0v) is 15.5. The second-order valence-electron chi connectivity index (χ2n) is 7.32. The molecule has 0 bridgehead atoms. The van der Waals surface area contributed by atoms with Gasteiger partial charge in [-0.15, -0.1) is 5.10 Å². The first-order chi connectivity index (χ1) is 11.7. The monoisotopic (exact) mass is 334 g/mol. The molecule has 6 heteroatoms. The van der Waals surface area contributed by atoms with Crippen molar-refractivity contribution < 1.29 is 0 Å². The van der Waals surface area contributed by atoms with Crippen LogP contribution in [0.1, 0.15) is 43.4 Å². The van der Waals surface area contributed by atoms with Crippen molar-refractivity contribution in [2.45, 2.75) is 40.0 Å². The number of nitrogens with one attached hydrogen (secondary N) is 1. The minimum Gasteiger partial charge on any atom is -0.338 e. The Labute approximate surface area is 147 Å². The Kier molecular flexibility index (Phi) is 3.96. The van der Waals surface area contributed by atoms with Crippen molar-refractivity contribution in [2.24, 2.45) is 7.05 Å². The van der Waals surface area contributed by atoms with Gasteiger partial charge < -0.3 is 9.88 Å². The van der Waals surface area contributed by atoms with Crippen molar-refractivity contribution >= 4 is 22.5 Å². The minimum absolute atomic E-state index is 0.0329. The van der Waals surface area contributed by atoms with Gasteiger partial charge in [-0.1, -0.05) is 20.8 Å². The van der Waals surface area contributed by atoms with Crippen LogP contribution in [0.15, 0.2) is 18.2 Å². The molecule has 0 unspecified atom stereocenters. The molecule has 0 aliphatic rings. The van der Waals surface area contributed by atoms with E-state index in [9.17, 15) is 5.26 Å². The third-order valence-corrected chi connectivity index (χ3v) is 4.38. The molecular weight excluding hydrogens is 312 g/mol. The molecule has 1 aromatic carbocycles. The van der Waals surface area contributed by atoms with Crippen LogP contribution in [-0.2, 0) is 12.5 Å². The highest BCUT2D eigenvalue weighted by Crippen LogP contribution is 2.28. The van der Waals surface area contributed by atoms with Gasteiger partial charge in [-0.3, -0.25) is 0 Å². The molecule has 128 valence electrons. The van der Waals surface area contributed by atoms with Crippen LogP contribution in [0.2, 0.25) is 0 Å². The summed E-state index contributed by atoms with van der Waals surface area (Å²) in [5, 5.41) is 20.9. The van der Waals surface area contributed by atoms with E-state index in [1.165, 1.54) is 0 Å². The summed E-state index contributed by atoms with van der Waals surface area (Å²) in [7, 11) is 2.03. The summed E-state index contributed by atoms with van der Waals surface area (Å²) in [6, 6.07) is 8.18. The van der Waals surface area contributed by atoms with Gasteiger partial charge in [-0.25, -0.2) is 4.98 Å². The Morgan fingerprint density at radius 2 is 1.88 bits per heavy atom. The zero-order chi connectivity index (χ0) is 18.4. The molecular formula is C19H22N6. The molecule has 0 saturated carbocycles. The molecule has 0 saturated heterocycles. The number of hydrogen-bond donors (Lipinski definition) is 1. The maximum Gasteiger partial charge on any atom is 0.171 e. The molecule has 0 radical (unpaired) electrons. The van der Waals surface area contributed by atoms with Gasteiger partial charge in [0.25, 0.3) is 0 Å². The maximum atomic E-state index is 9.43. The van der Waals surface area contributed by atoms with Crippen LogP contribution in [0.5, 0.6) is 0 Å². The van der Waals surface area contributed by atoms with E-state index in [0.29, 0.717) is 11.4 Å². The molecule has 2 heterocycles. The average Bonchev–Trinajstić information content (AvgIpc) is 2.88. The summed E-state index contributed by atoms with van der Waals surface area (Å²) in [5.74, 6) is 1.50. The topological polar surface area (TPSA) is 79.4 Å². The molecule has 3 aromatic rings. The van der Waals surface area contributed by atoms with Gasteiger partial charge in [0.2, 0.25) is 0 Å². The molecule has 0 atom stereocenters. The number of rotatable bonds is 2. The van der Waals surface area contributed by atoms with E-state index in [1.54, 1.807) is 0 Å². The van der Waals surface area contributed by atoms with E-state index in [-0.39, 0.29) is 5.41 Å². The van der Waals surface area contributed by atoms with E-state index < -0.39 is 0 Å². The van der Waals surface area contributed by atoms with Crippen LogP contribution < -0.4 is 5.32 Å². The van der Waals surface area contributed by atoms with Crippen molar-refractivity contribution in [3.8, 4) is 6.07 Å². The van der Waals surface area contributed by atoms with Crippen molar-refractivity contribution in [3.05, 3.63) is 40.8 Å². The van der Waals surface area contributed by atoms with E-state index >= 15 is 0 Å². The Balaban J connectivity index is 2.04. The summed E-state index contributed by atoms with van der Waals surface area (Å²) in [5.41, 5.74) is 4.90.